The fraction of sp³-hybridized carbons (Fsp3) is 0.400. The van der Waals surface area contributed by atoms with Crippen molar-refractivity contribution < 1.29 is 4.39 Å². The maximum Gasteiger partial charge on any atom is 0.146 e. The average molecular weight is 296 g/mol. The molecular weight excluding hydrogens is 277 g/mol. The molecule has 108 valence electrons. The lowest BCUT2D eigenvalue weighted by Crippen LogP contribution is -2.35. The first-order valence-corrected chi connectivity index (χ1v) is 6.93. The molecule has 0 radical (unpaired) electrons. The highest BCUT2D eigenvalue weighted by atomic mass is 35.5. The molecule has 0 saturated carbocycles. The second-order valence-electron chi connectivity index (χ2n) is 5.82. The van der Waals surface area contributed by atoms with Crippen molar-refractivity contribution in [3.63, 3.8) is 0 Å². The third kappa shape index (κ3) is 4.05. The lowest BCUT2D eigenvalue weighted by Gasteiger charge is -2.19. The molecule has 1 N–H and O–H groups in total. The highest BCUT2D eigenvalue weighted by Gasteiger charge is 2.11. The maximum atomic E-state index is 13.8. The van der Waals surface area contributed by atoms with Gasteiger partial charge >= 0.3 is 0 Å². The van der Waals surface area contributed by atoms with Gasteiger partial charge in [-0.3, -0.25) is 4.68 Å². The Hall–Kier alpha value is -1.39. The van der Waals surface area contributed by atoms with Gasteiger partial charge in [-0.25, -0.2) is 4.39 Å². The summed E-state index contributed by atoms with van der Waals surface area (Å²) in [5.74, 6) is -0.376. The summed E-state index contributed by atoms with van der Waals surface area (Å²) >= 11 is 5.77. The number of aromatic nitrogens is 2. The third-order valence-electron chi connectivity index (χ3n) is 2.86. The fourth-order valence-electron chi connectivity index (χ4n) is 1.79. The Bertz CT molecular complexity index is 587. The van der Waals surface area contributed by atoms with Gasteiger partial charge in [0.1, 0.15) is 5.82 Å². The first-order chi connectivity index (χ1) is 9.35. The number of hydrogen-bond donors (Lipinski definition) is 1. The Morgan fingerprint density at radius 2 is 2.05 bits per heavy atom. The van der Waals surface area contributed by atoms with Crippen LogP contribution in [0.4, 0.5) is 4.39 Å². The summed E-state index contributed by atoms with van der Waals surface area (Å²) in [5.41, 5.74) is 1.52. The lowest BCUT2D eigenvalue weighted by molar-refractivity contribution is 0.419. The van der Waals surface area contributed by atoms with Gasteiger partial charge in [0.05, 0.1) is 17.3 Å². The molecule has 0 spiro atoms. The molecule has 0 unspecified atom stereocenters. The second-order valence-corrected chi connectivity index (χ2v) is 6.23. The van der Waals surface area contributed by atoms with Gasteiger partial charge in [-0.15, -0.1) is 0 Å². The first-order valence-electron chi connectivity index (χ1n) is 6.55. The monoisotopic (exact) mass is 295 g/mol. The van der Waals surface area contributed by atoms with Crippen LogP contribution < -0.4 is 5.32 Å². The van der Waals surface area contributed by atoms with Gasteiger partial charge in [-0.1, -0.05) is 23.7 Å². The minimum atomic E-state index is -0.376. The molecule has 2 aromatic rings. The van der Waals surface area contributed by atoms with Crippen LogP contribution in [0, 0.1) is 5.82 Å². The van der Waals surface area contributed by atoms with Crippen LogP contribution >= 0.6 is 11.6 Å². The Labute approximate surface area is 123 Å². The summed E-state index contributed by atoms with van der Waals surface area (Å²) in [7, 11) is 0. The summed E-state index contributed by atoms with van der Waals surface area (Å²) in [6, 6.07) is 6.94. The van der Waals surface area contributed by atoms with Crippen LogP contribution in [0.3, 0.4) is 0 Å². The van der Waals surface area contributed by atoms with Crippen LogP contribution in [0.2, 0.25) is 5.02 Å². The molecule has 1 aromatic carbocycles. The molecule has 0 aliphatic rings. The van der Waals surface area contributed by atoms with Crippen molar-refractivity contribution in [3.05, 3.63) is 52.6 Å². The molecule has 0 atom stereocenters. The zero-order valence-electron chi connectivity index (χ0n) is 12.0. The molecular formula is C15H19ClFN3. The van der Waals surface area contributed by atoms with Gasteiger partial charge in [-0.2, -0.15) is 5.10 Å². The van der Waals surface area contributed by atoms with E-state index in [1.165, 1.54) is 0 Å². The van der Waals surface area contributed by atoms with Crippen LogP contribution in [0.15, 0.2) is 30.5 Å². The fourth-order valence-corrected chi connectivity index (χ4v) is 1.98. The Kier molecular flexibility index (Phi) is 4.45. The van der Waals surface area contributed by atoms with E-state index in [9.17, 15) is 4.39 Å². The van der Waals surface area contributed by atoms with Gasteiger partial charge in [-0.05, 0) is 32.9 Å². The van der Waals surface area contributed by atoms with Gasteiger partial charge < -0.3 is 5.32 Å². The Balaban J connectivity index is 2.04. The number of hydrogen-bond acceptors (Lipinski definition) is 2. The average Bonchev–Trinajstić information content (AvgIpc) is 2.80. The first kappa shape index (κ1) is 15.0. The van der Waals surface area contributed by atoms with Crippen molar-refractivity contribution in [2.45, 2.75) is 39.4 Å². The number of nitrogens with zero attached hydrogens (tertiary/aromatic N) is 2. The molecule has 20 heavy (non-hydrogen) atoms. The molecule has 1 heterocycles. The van der Waals surface area contributed by atoms with Gasteiger partial charge in [0.15, 0.2) is 0 Å². The van der Waals surface area contributed by atoms with E-state index in [0.29, 0.717) is 18.7 Å². The Morgan fingerprint density at radius 3 is 2.75 bits per heavy atom. The third-order valence-corrected chi connectivity index (χ3v) is 3.15. The smallest absolute Gasteiger partial charge is 0.146 e. The minimum Gasteiger partial charge on any atom is -0.306 e. The molecule has 0 aliphatic heterocycles. The van der Waals surface area contributed by atoms with Crippen LogP contribution in [0.25, 0.3) is 0 Å². The number of halogens is 2. The molecule has 0 aliphatic carbocycles. The standard InChI is InChI=1S/C15H19ClFN3/c1-15(2,3)18-9-12-7-8-20(19-12)10-11-5-4-6-13(16)14(11)17/h4-8,18H,9-10H2,1-3H3. The second kappa shape index (κ2) is 5.94. The molecule has 3 nitrogen and oxygen atoms in total. The van der Waals surface area contributed by atoms with Crippen LogP contribution in [-0.4, -0.2) is 15.3 Å². The summed E-state index contributed by atoms with van der Waals surface area (Å²) < 4.78 is 15.5. The minimum absolute atomic E-state index is 0.0445. The zero-order chi connectivity index (χ0) is 14.8. The largest absolute Gasteiger partial charge is 0.306 e. The van der Waals surface area contributed by atoms with Gasteiger partial charge in [0.25, 0.3) is 0 Å². The van der Waals surface area contributed by atoms with E-state index in [-0.39, 0.29) is 16.4 Å². The Morgan fingerprint density at radius 1 is 1.30 bits per heavy atom. The summed E-state index contributed by atoms with van der Waals surface area (Å²) in [6.07, 6.45) is 1.85. The van der Waals surface area contributed by atoms with E-state index >= 15 is 0 Å². The van der Waals surface area contributed by atoms with Crippen molar-refractivity contribution >= 4 is 11.6 Å². The van der Waals surface area contributed by atoms with E-state index in [4.69, 9.17) is 11.6 Å². The van der Waals surface area contributed by atoms with Gasteiger partial charge in [0.2, 0.25) is 0 Å². The predicted molar refractivity (Wildman–Crippen MR) is 79.3 cm³/mol. The molecule has 0 amide bonds. The summed E-state index contributed by atoms with van der Waals surface area (Å²) in [4.78, 5) is 0. The van der Waals surface area contributed by atoms with E-state index < -0.39 is 0 Å². The summed E-state index contributed by atoms with van der Waals surface area (Å²) in [6.45, 7) is 7.37. The van der Waals surface area contributed by atoms with Gasteiger partial charge in [0, 0.05) is 23.8 Å². The van der Waals surface area contributed by atoms with Crippen molar-refractivity contribution in [3.8, 4) is 0 Å². The normalized spacial score (nSPS) is 11.8. The van der Waals surface area contributed by atoms with E-state index in [1.807, 2.05) is 12.3 Å². The molecule has 5 heteroatoms. The molecule has 0 bridgehead atoms. The van der Waals surface area contributed by atoms with Crippen molar-refractivity contribution in [1.29, 1.82) is 0 Å². The summed E-state index contributed by atoms with van der Waals surface area (Å²) in [5, 5.41) is 7.93. The van der Waals surface area contributed by atoms with E-state index in [0.717, 1.165) is 5.69 Å². The molecule has 0 fully saturated rings. The van der Waals surface area contributed by atoms with E-state index in [1.54, 1.807) is 22.9 Å². The molecule has 0 saturated heterocycles. The number of benzene rings is 1. The highest BCUT2D eigenvalue weighted by molar-refractivity contribution is 6.30. The molecule has 2 rings (SSSR count). The van der Waals surface area contributed by atoms with Crippen molar-refractivity contribution in [1.82, 2.24) is 15.1 Å². The zero-order valence-corrected chi connectivity index (χ0v) is 12.7. The maximum absolute atomic E-state index is 13.8. The topological polar surface area (TPSA) is 29.9 Å². The highest BCUT2D eigenvalue weighted by Crippen LogP contribution is 2.18. The SMILES string of the molecule is CC(C)(C)NCc1ccn(Cc2cccc(Cl)c2F)n1. The van der Waals surface area contributed by atoms with Crippen molar-refractivity contribution in [2.75, 3.05) is 0 Å². The van der Waals surface area contributed by atoms with Crippen LogP contribution in [-0.2, 0) is 13.1 Å². The van der Waals surface area contributed by atoms with Crippen LogP contribution in [0.5, 0.6) is 0 Å². The lowest BCUT2D eigenvalue weighted by atomic mass is 10.1. The quantitative estimate of drug-likeness (QED) is 0.934. The van der Waals surface area contributed by atoms with E-state index in [2.05, 4.69) is 31.2 Å². The van der Waals surface area contributed by atoms with Crippen LogP contribution in [0.1, 0.15) is 32.0 Å². The van der Waals surface area contributed by atoms with Crippen molar-refractivity contribution in [2.24, 2.45) is 0 Å². The predicted octanol–water partition coefficient (Wildman–Crippen LogP) is 3.61. The number of rotatable bonds is 4. The number of nitrogens with one attached hydrogen (secondary N) is 1. The molecule has 1 aromatic heterocycles.